The van der Waals surface area contributed by atoms with Crippen LogP contribution >= 0.6 is 11.8 Å². The number of aliphatic carboxylic acids is 2. The molecule has 0 spiro atoms. The number of amides is 1. The van der Waals surface area contributed by atoms with E-state index in [-0.39, 0.29) is 18.6 Å². The number of hydrogen-bond acceptors (Lipinski definition) is 4. The van der Waals surface area contributed by atoms with Crippen molar-refractivity contribution in [2.45, 2.75) is 125 Å². The van der Waals surface area contributed by atoms with E-state index < -0.39 is 23.9 Å². The first kappa shape index (κ1) is 36.7. The Labute approximate surface area is 225 Å². The number of rotatable bonds is 20. The van der Waals surface area contributed by atoms with Gasteiger partial charge in [-0.25, -0.2) is 4.79 Å². The summed E-state index contributed by atoms with van der Waals surface area (Å²) in [5.41, 5.74) is 1.27. The lowest BCUT2D eigenvalue weighted by molar-refractivity contribution is -0.141. The second-order valence-electron chi connectivity index (χ2n) is 10.6. The lowest BCUT2D eigenvalue weighted by Crippen LogP contribution is -2.42. The fourth-order valence-corrected chi connectivity index (χ4v) is 4.58. The largest absolute Gasteiger partial charge is 0.481 e. The first-order valence-electron chi connectivity index (χ1n) is 13.9. The van der Waals surface area contributed by atoms with Gasteiger partial charge in [-0.1, -0.05) is 105 Å². The molecule has 1 amide bonds. The summed E-state index contributed by atoms with van der Waals surface area (Å²) in [6, 6.07) is -0.990. The van der Waals surface area contributed by atoms with Crippen molar-refractivity contribution in [3.8, 4) is 0 Å². The van der Waals surface area contributed by atoms with Crippen LogP contribution in [0.3, 0.4) is 0 Å². The topological polar surface area (TPSA) is 104 Å². The van der Waals surface area contributed by atoms with Crippen LogP contribution in [-0.2, 0) is 14.4 Å². The van der Waals surface area contributed by atoms with Crippen LogP contribution < -0.4 is 5.32 Å². The molecule has 0 saturated heterocycles. The zero-order valence-electron chi connectivity index (χ0n) is 24.1. The zero-order chi connectivity index (χ0) is 27.9. The van der Waals surface area contributed by atoms with E-state index in [1.54, 1.807) is 0 Å². The van der Waals surface area contributed by atoms with Crippen LogP contribution in [0.15, 0.2) is 11.6 Å². The van der Waals surface area contributed by atoms with Crippen LogP contribution in [0, 0.1) is 17.8 Å². The summed E-state index contributed by atoms with van der Waals surface area (Å²) >= 11 is 1.42. The summed E-state index contributed by atoms with van der Waals surface area (Å²) in [5, 5.41) is 19.8. The van der Waals surface area contributed by atoms with Gasteiger partial charge < -0.3 is 15.5 Å². The van der Waals surface area contributed by atoms with Crippen LogP contribution in [0.2, 0.25) is 0 Å². The molecule has 0 rings (SSSR count). The molecule has 0 fully saturated rings. The number of thioether (sulfide) groups is 1. The third-order valence-corrected chi connectivity index (χ3v) is 7.22. The van der Waals surface area contributed by atoms with Crippen LogP contribution in [0.1, 0.15) is 119 Å². The number of carbonyl (C=O) groups excluding carboxylic acids is 1. The molecule has 36 heavy (non-hydrogen) atoms. The van der Waals surface area contributed by atoms with Gasteiger partial charge in [0.05, 0.1) is 6.42 Å². The van der Waals surface area contributed by atoms with Crippen LogP contribution in [-0.4, -0.2) is 45.6 Å². The van der Waals surface area contributed by atoms with E-state index in [1.807, 2.05) is 6.92 Å². The van der Waals surface area contributed by atoms with Gasteiger partial charge in [0.2, 0.25) is 5.91 Å². The molecule has 0 bridgehead atoms. The lowest BCUT2D eigenvalue weighted by Gasteiger charge is -2.13. The molecule has 2 unspecified atom stereocenters. The maximum Gasteiger partial charge on any atom is 0.327 e. The number of nitrogens with one attached hydrogen (secondary N) is 1. The molecule has 0 aliphatic heterocycles. The van der Waals surface area contributed by atoms with E-state index in [0.717, 1.165) is 30.6 Å². The first-order chi connectivity index (χ1) is 16.9. The minimum absolute atomic E-state index is 0.209. The molecule has 0 aliphatic rings. The minimum atomic E-state index is -1.11. The number of hydrogen-bond donors (Lipinski definition) is 3. The molecule has 0 aromatic carbocycles. The standard InChI is InChI=1S/C15H32.C14H23NO5S/c1-6-14(4)10-8-12-15(5)11-7-9-13(2)3;1-3-4-10(2)7-8-21-9-11(14(19)20)15-12(16)5-6-13(17)18/h13-15H,6-12H2,1-5H3;7,11H,3-6,8-9H2,1-2H3,(H,15,16)(H,17,18)(H,19,20)/b;10-7+/t;11-/m.0/s1. The van der Waals surface area contributed by atoms with Crippen molar-refractivity contribution in [2.75, 3.05) is 11.5 Å². The highest BCUT2D eigenvalue weighted by molar-refractivity contribution is 7.99. The summed E-state index contributed by atoms with van der Waals surface area (Å²) in [7, 11) is 0. The van der Waals surface area contributed by atoms with Crippen molar-refractivity contribution in [3.63, 3.8) is 0 Å². The molecule has 0 heterocycles. The Hall–Kier alpha value is -1.50. The van der Waals surface area contributed by atoms with Crippen molar-refractivity contribution >= 4 is 29.6 Å². The zero-order valence-corrected chi connectivity index (χ0v) is 24.9. The van der Waals surface area contributed by atoms with E-state index in [4.69, 9.17) is 10.2 Å². The van der Waals surface area contributed by atoms with Gasteiger partial charge in [-0.05, 0) is 31.1 Å². The second kappa shape index (κ2) is 23.9. The fraction of sp³-hybridized carbons (Fsp3) is 0.828. The third-order valence-electron chi connectivity index (χ3n) is 6.25. The van der Waals surface area contributed by atoms with E-state index in [2.05, 4.69) is 52.9 Å². The highest BCUT2D eigenvalue weighted by Gasteiger charge is 2.19. The predicted octanol–water partition coefficient (Wildman–Crippen LogP) is 7.57. The highest BCUT2D eigenvalue weighted by Crippen LogP contribution is 2.20. The van der Waals surface area contributed by atoms with Gasteiger partial charge in [-0.2, -0.15) is 11.8 Å². The molecule has 0 aromatic heterocycles. The average molecular weight is 530 g/mol. The van der Waals surface area contributed by atoms with Crippen LogP contribution in [0.4, 0.5) is 0 Å². The highest BCUT2D eigenvalue weighted by atomic mass is 32.2. The van der Waals surface area contributed by atoms with Gasteiger partial charge in [-0.3, -0.25) is 9.59 Å². The van der Waals surface area contributed by atoms with Crippen molar-refractivity contribution < 1.29 is 24.6 Å². The Bertz CT molecular complexity index is 621. The Morgan fingerprint density at radius 1 is 0.861 bits per heavy atom. The average Bonchev–Trinajstić information content (AvgIpc) is 2.79. The van der Waals surface area contributed by atoms with E-state index >= 15 is 0 Å². The summed E-state index contributed by atoms with van der Waals surface area (Å²) < 4.78 is 0. The molecule has 212 valence electrons. The molecule has 6 nitrogen and oxygen atoms in total. The number of carboxylic acid groups (broad SMARTS) is 2. The Morgan fingerprint density at radius 2 is 1.44 bits per heavy atom. The predicted molar refractivity (Wildman–Crippen MR) is 154 cm³/mol. The van der Waals surface area contributed by atoms with E-state index in [0.29, 0.717) is 5.75 Å². The van der Waals surface area contributed by atoms with Crippen molar-refractivity contribution in [1.82, 2.24) is 5.32 Å². The molecule has 0 aromatic rings. The molecule has 3 atom stereocenters. The van der Waals surface area contributed by atoms with Gasteiger partial charge in [0.15, 0.2) is 0 Å². The quantitative estimate of drug-likeness (QED) is 0.111. The Balaban J connectivity index is 0. The molecule has 0 radical (unpaired) electrons. The Kier molecular flexibility index (Phi) is 24.3. The van der Waals surface area contributed by atoms with Gasteiger partial charge in [0.25, 0.3) is 0 Å². The maximum absolute atomic E-state index is 11.4. The minimum Gasteiger partial charge on any atom is -0.481 e. The summed E-state index contributed by atoms with van der Waals surface area (Å²) in [5.74, 6) is 0.981. The summed E-state index contributed by atoms with van der Waals surface area (Å²) in [6.07, 6.45) is 13.6. The number of carboxylic acids is 2. The Morgan fingerprint density at radius 3 is 1.94 bits per heavy atom. The van der Waals surface area contributed by atoms with E-state index in [1.165, 1.54) is 62.3 Å². The van der Waals surface area contributed by atoms with Crippen LogP contribution in [0.5, 0.6) is 0 Å². The molecule has 0 saturated carbocycles. The van der Waals surface area contributed by atoms with Gasteiger partial charge >= 0.3 is 11.9 Å². The maximum atomic E-state index is 11.4. The normalized spacial score (nSPS) is 13.9. The van der Waals surface area contributed by atoms with Crippen molar-refractivity contribution in [3.05, 3.63) is 11.6 Å². The number of allylic oxidation sites excluding steroid dienone is 1. The fourth-order valence-electron chi connectivity index (χ4n) is 3.58. The second-order valence-corrected chi connectivity index (χ2v) is 11.6. The SMILES string of the molecule is CCC(C)CCCC(C)CCCC(C)C.CCC/C(C)=C/CSC[C@H](NC(=O)CCC(=O)O)C(=O)O. The van der Waals surface area contributed by atoms with Gasteiger partial charge in [-0.15, -0.1) is 0 Å². The lowest BCUT2D eigenvalue weighted by atomic mass is 9.93. The monoisotopic (exact) mass is 529 g/mol. The van der Waals surface area contributed by atoms with Gasteiger partial charge in [0.1, 0.15) is 6.04 Å². The molecule has 0 aliphatic carbocycles. The molecule has 3 N–H and O–H groups in total. The number of carbonyl (C=O) groups is 3. The summed E-state index contributed by atoms with van der Waals surface area (Å²) in [6.45, 7) is 15.9. The van der Waals surface area contributed by atoms with Crippen LogP contribution in [0.25, 0.3) is 0 Å². The molecule has 7 heteroatoms. The van der Waals surface area contributed by atoms with E-state index in [9.17, 15) is 14.4 Å². The first-order valence-corrected chi connectivity index (χ1v) is 15.0. The molecular formula is C29H55NO5S. The van der Waals surface area contributed by atoms with Gasteiger partial charge in [0, 0.05) is 17.9 Å². The summed E-state index contributed by atoms with van der Waals surface area (Å²) in [4.78, 5) is 32.8. The third kappa shape index (κ3) is 25.6. The smallest absolute Gasteiger partial charge is 0.327 e. The van der Waals surface area contributed by atoms with Crippen molar-refractivity contribution in [2.24, 2.45) is 17.8 Å². The molecular weight excluding hydrogens is 474 g/mol. The van der Waals surface area contributed by atoms with Crippen molar-refractivity contribution in [1.29, 1.82) is 0 Å².